The van der Waals surface area contributed by atoms with E-state index in [1.165, 1.54) is 18.4 Å². The molecule has 118 valence electrons. The highest BCUT2D eigenvalue weighted by Gasteiger charge is 2.21. The first-order chi connectivity index (χ1) is 11.0. The Bertz CT molecular complexity index is 901. The minimum Gasteiger partial charge on any atom is -0.459 e. The van der Waals surface area contributed by atoms with Gasteiger partial charge in [0.2, 0.25) is 5.91 Å². The zero-order chi connectivity index (χ0) is 16.3. The third kappa shape index (κ3) is 3.46. The summed E-state index contributed by atoms with van der Waals surface area (Å²) in [5.41, 5.74) is 0. The van der Waals surface area contributed by atoms with E-state index in [2.05, 4.69) is 15.5 Å². The highest BCUT2D eigenvalue weighted by atomic mass is 32.2. The molecular weight excluding hydrogens is 322 g/mol. The fraction of sp³-hybridized carbons (Fsp3) is 0.0714. The number of anilines is 1. The van der Waals surface area contributed by atoms with E-state index >= 15 is 0 Å². The van der Waals surface area contributed by atoms with Crippen molar-refractivity contribution in [3.05, 3.63) is 48.7 Å². The van der Waals surface area contributed by atoms with Gasteiger partial charge in [0.15, 0.2) is 15.6 Å². The molecule has 3 rings (SSSR count). The fourth-order valence-corrected chi connectivity index (χ4v) is 2.97. The number of benzene rings is 1. The minimum absolute atomic E-state index is 0.0666. The molecule has 3 aromatic rings. The van der Waals surface area contributed by atoms with Crippen LogP contribution < -0.4 is 5.32 Å². The van der Waals surface area contributed by atoms with Gasteiger partial charge in [0.05, 0.1) is 11.2 Å². The van der Waals surface area contributed by atoms with Crippen LogP contribution in [0.15, 0.2) is 62.5 Å². The fourth-order valence-electron chi connectivity index (χ4n) is 1.81. The van der Waals surface area contributed by atoms with Gasteiger partial charge in [0, 0.05) is 0 Å². The highest BCUT2D eigenvalue weighted by Crippen LogP contribution is 2.20. The number of amides is 1. The second kappa shape index (κ2) is 6.05. The average Bonchev–Trinajstić information content (AvgIpc) is 3.18. The van der Waals surface area contributed by atoms with Crippen LogP contribution in [-0.4, -0.2) is 30.3 Å². The van der Waals surface area contributed by atoms with E-state index in [-0.39, 0.29) is 16.8 Å². The largest absolute Gasteiger partial charge is 0.459 e. The molecule has 1 N–H and O–H groups in total. The second-order valence-electron chi connectivity index (χ2n) is 4.51. The van der Waals surface area contributed by atoms with Gasteiger partial charge >= 0.3 is 6.01 Å². The van der Waals surface area contributed by atoms with Crippen LogP contribution in [-0.2, 0) is 14.6 Å². The summed E-state index contributed by atoms with van der Waals surface area (Å²) in [7, 11) is -3.74. The van der Waals surface area contributed by atoms with Crippen molar-refractivity contribution in [2.45, 2.75) is 4.90 Å². The number of hydrogen-bond acceptors (Lipinski definition) is 7. The number of nitrogens with one attached hydrogen (secondary N) is 1. The third-order valence-electron chi connectivity index (χ3n) is 2.83. The molecule has 0 fully saturated rings. The molecule has 2 aromatic heterocycles. The van der Waals surface area contributed by atoms with Crippen molar-refractivity contribution in [3.8, 4) is 11.7 Å². The predicted octanol–water partition coefficient (Wildman–Crippen LogP) is 1.74. The smallest absolute Gasteiger partial charge is 0.322 e. The Kier molecular flexibility index (Phi) is 3.94. The van der Waals surface area contributed by atoms with Crippen LogP contribution in [0.3, 0.4) is 0 Å². The summed E-state index contributed by atoms with van der Waals surface area (Å²) in [5.74, 6) is -1.08. The number of sulfone groups is 1. The molecule has 0 saturated carbocycles. The maximum absolute atomic E-state index is 12.1. The lowest BCUT2D eigenvalue weighted by Gasteiger charge is -2.03. The zero-order valence-electron chi connectivity index (χ0n) is 11.7. The second-order valence-corrected chi connectivity index (χ2v) is 6.50. The molecule has 2 heterocycles. The summed E-state index contributed by atoms with van der Waals surface area (Å²) in [5, 5.41) is 9.55. The van der Waals surface area contributed by atoms with E-state index in [9.17, 15) is 13.2 Å². The Morgan fingerprint density at radius 2 is 1.87 bits per heavy atom. The number of carbonyl (C=O) groups is 1. The van der Waals surface area contributed by atoms with E-state index < -0.39 is 21.5 Å². The standard InChI is InChI=1S/C14H11N3O5S/c18-12(9-23(19,20)10-5-2-1-3-6-10)15-14-17-16-13(22-14)11-7-4-8-21-11/h1-8H,9H2,(H,15,17,18). The van der Waals surface area contributed by atoms with Crippen LogP contribution in [0.4, 0.5) is 6.01 Å². The van der Waals surface area contributed by atoms with Crippen molar-refractivity contribution in [3.63, 3.8) is 0 Å². The molecule has 0 bridgehead atoms. The number of rotatable bonds is 5. The summed E-state index contributed by atoms with van der Waals surface area (Å²) in [6.07, 6.45) is 1.43. The van der Waals surface area contributed by atoms with Crippen molar-refractivity contribution >= 4 is 21.8 Å². The number of carbonyl (C=O) groups excluding carboxylic acids is 1. The summed E-state index contributed by atoms with van der Waals surface area (Å²) in [6, 6.07) is 10.7. The molecule has 0 radical (unpaired) electrons. The van der Waals surface area contributed by atoms with E-state index in [0.29, 0.717) is 5.76 Å². The molecule has 0 aliphatic carbocycles. The molecule has 0 aliphatic rings. The molecule has 0 atom stereocenters. The zero-order valence-corrected chi connectivity index (χ0v) is 12.5. The van der Waals surface area contributed by atoms with E-state index in [1.54, 1.807) is 30.3 Å². The van der Waals surface area contributed by atoms with Crippen LogP contribution in [0.2, 0.25) is 0 Å². The summed E-state index contributed by atoms with van der Waals surface area (Å²) < 4.78 is 34.4. The van der Waals surface area contributed by atoms with Gasteiger partial charge in [-0.1, -0.05) is 23.3 Å². The molecule has 0 unspecified atom stereocenters. The Labute approximate surface area is 131 Å². The normalized spacial score (nSPS) is 11.3. The quantitative estimate of drug-likeness (QED) is 0.756. The summed E-state index contributed by atoms with van der Waals surface area (Å²) in [6.45, 7) is 0. The van der Waals surface area contributed by atoms with E-state index in [4.69, 9.17) is 8.83 Å². The van der Waals surface area contributed by atoms with Crippen molar-refractivity contribution in [1.29, 1.82) is 0 Å². The van der Waals surface area contributed by atoms with Gasteiger partial charge in [-0.25, -0.2) is 8.42 Å². The SMILES string of the molecule is O=C(CS(=O)(=O)c1ccccc1)Nc1nnc(-c2ccco2)o1. The lowest BCUT2D eigenvalue weighted by molar-refractivity contribution is -0.114. The number of aromatic nitrogens is 2. The molecular formula is C14H11N3O5S. The van der Waals surface area contributed by atoms with Crippen molar-refractivity contribution in [2.75, 3.05) is 11.1 Å². The Morgan fingerprint density at radius 1 is 1.09 bits per heavy atom. The van der Waals surface area contributed by atoms with Gasteiger partial charge in [-0.15, -0.1) is 5.10 Å². The minimum atomic E-state index is -3.74. The van der Waals surface area contributed by atoms with Gasteiger partial charge in [0.25, 0.3) is 5.89 Å². The van der Waals surface area contributed by atoms with Gasteiger partial charge in [-0.05, 0) is 24.3 Å². The maximum atomic E-state index is 12.1. The highest BCUT2D eigenvalue weighted by molar-refractivity contribution is 7.92. The van der Waals surface area contributed by atoms with Gasteiger partial charge in [0.1, 0.15) is 5.75 Å². The van der Waals surface area contributed by atoms with Crippen LogP contribution in [0, 0.1) is 0 Å². The molecule has 0 spiro atoms. The van der Waals surface area contributed by atoms with Gasteiger partial charge < -0.3 is 8.83 Å². The first kappa shape index (κ1) is 15.0. The first-order valence-corrected chi connectivity index (χ1v) is 8.15. The average molecular weight is 333 g/mol. The third-order valence-corrected chi connectivity index (χ3v) is 4.46. The van der Waals surface area contributed by atoms with Gasteiger partial charge in [-0.2, -0.15) is 0 Å². The first-order valence-electron chi connectivity index (χ1n) is 6.50. The summed E-state index contributed by atoms with van der Waals surface area (Å²) >= 11 is 0. The van der Waals surface area contributed by atoms with E-state index in [0.717, 1.165) is 0 Å². The molecule has 8 nitrogen and oxygen atoms in total. The Balaban J connectivity index is 1.68. The molecule has 0 aliphatic heterocycles. The van der Waals surface area contributed by atoms with Crippen LogP contribution >= 0.6 is 0 Å². The van der Waals surface area contributed by atoms with Crippen molar-refractivity contribution in [1.82, 2.24) is 10.2 Å². The van der Waals surface area contributed by atoms with Crippen LogP contribution in [0.5, 0.6) is 0 Å². The molecule has 0 saturated heterocycles. The molecule has 1 amide bonds. The topological polar surface area (TPSA) is 115 Å². The monoisotopic (exact) mass is 333 g/mol. The van der Waals surface area contributed by atoms with Crippen LogP contribution in [0.1, 0.15) is 0 Å². The number of hydrogen-bond donors (Lipinski definition) is 1. The number of nitrogens with zero attached hydrogens (tertiary/aromatic N) is 2. The van der Waals surface area contributed by atoms with Gasteiger partial charge in [-0.3, -0.25) is 10.1 Å². The number of furan rings is 1. The van der Waals surface area contributed by atoms with Crippen molar-refractivity contribution in [2.24, 2.45) is 0 Å². The van der Waals surface area contributed by atoms with Crippen molar-refractivity contribution < 1.29 is 22.0 Å². The maximum Gasteiger partial charge on any atom is 0.322 e. The molecule has 23 heavy (non-hydrogen) atoms. The Morgan fingerprint density at radius 3 is 2.57 bits per heavy atom. The predicted molar refractivity (Wildman–Crippen MR) is 79.1 cm³/mol. The lowest BCUT2D eigenvalue weighted by Crippen LogP contribution is -2.23. The molecule has 1 aromatic carbocycles. The summed E-state index contributed by atoms with van der Waals surface area (Å²) in [4.78, 5) is 11.9. The molecule has 9 heteroatoms. The lowest BCUT2D eigenvalue weighted by atomic mass is 10.4. The van der Waals surface area contributed by atoms with E-state index in [1.807, 2.05) is 0 Å². The van der Waals surface area contributed by atoms with Crippen LogP contribution in [0.25, 0.3) is 11.7 Å². The Hall–Kier alpha value is -2.94.